The molecule has 7 heteroatoms. The summed E-state index contributed by atoms with van der Waals surface area (Å²) < 4.78 is 29.5. The monoisotopic (exact) mass is 369 g/mol. The Hall–Kier alpha value is -2.64. The van der Waals surface area contributed by atoms with Crippen LogP contribution >= 0.6 is 11.3 Å². The Labute approximate surface area is 149 Å². The van der Waals surface area contributed by atoms with Gasteiger partial charge >= 0.3 is 0 Å². The van der Waals surface area contributed by atoms with Crippen LogP contribution in [0.4, 0.5) is 5.69 Å². The van der Waals surface area contributed by atoms with E-state index in [2.05, 4.69) is 9.71 Å². The summed E-state index contributed by atoms with van der Waals surface area (Å²) in [7, 11) is -3.59. The van der Waals surface area contributed by atoms with Crippen LogP contribution in [0, 0.1) is 6.92 Å². The van der Waals surface area contributed by atoms with Crippen LogP contribution in [-0.4, -0.2) is 17.8 Å². The molecule has 1 N–H and O–H groups in total. The first-order valence-corrected chi connectivity index (χ1v) is 10.00. The molecule has 4 aromatic rings. The quantitative estimate of drug-likeness (QED) is 0.587. The standard InChI is InChI=1S/C18H15N3O2S2/c1-13-3-2-4-16(11-13)25(22,23)20-15-7-5-14(6-8-15)17-12-21-9-10-24-18(21)19-17/h2-12,20H,1H3. The van der Waals surface area contributed by atoms with Crippen molar-refractivity contribution >= 4 is 32.0 Å². The molecule has 0 unspecified atom stereocenters. The number of sulfonamides is 1. The van der Waals surface area contributed by atoms with Crippen molar-refractivity contribution in [3.8, 4) is 11.3 Å². The molecule has 0 amide bonds. The number of anilines is 1. The molecular weight excluding hydrogens is 354 g/mol. The number of hydrogen-bond donors (Lipinski definition) is 1. The maximum atomic E-state index is 12.5. The molecule has 0 aliphatic carbocycles. The minimum atomic E-state index is -3.59. The van der Waals surface area contributed by atoms with Crippen molar-refractivity contribution in [2.24, 2.45) is 0 Å². The second kappa shape index (κ2) is 6.02. The summed E-state index contributed by atoms with van der Waals surface area (Å²) in [4.78, 5) is 5.73. The molecule has 0 bridgehead atoms. The maximum absolute atomic E-state index is 12.5. The minimum absolute atomic E-state index is 0.255. The average molecular weight is 369 g/mol. The van der Waals surface area contributed by atoms with Gasteiger partial charge in [0.1, 0.15) is 0 Å². The summed E-state index contributed by atoms with van der Waals surface area (Å²) in [6, 6.07) is 14.0. The van der Waals surface area contributed by atoms with E-state index in [-0.39, 0.29) is 4.90 Å². The summed E-state index contributed by atoms with van der Waals surface area (Å²) in [5, 5.41) is 1.98. The van der Waals surface area contributed by atoms with Gasteiger partial charge in [0, 0.05) is 29.0 Å². The predicted molar refractivity (Wildman–Crippen MR) is 100 cm³/mol. The lowest BCUT2D eigenvalue weighted by Crippen LogP contribution is -2.12. The summed E-state index contributed by atoms with van der Waals surface area (Å²) in [6.07, 6.45) is 3.92. The van der Waals surface area contributed by atoms with Gasteiger partial charge in [0.25, 0.3) is 10.0 Å². The molecule has 2 aromatic carbocycles. The van der Waals surface area contributed by atoms with Gasteiger partial charge in [-0.3, -0.25) is 9.12 Å². The highest BCUT2D eigenvalue weighted by Gasteiger charge is 2.14. The number of imidazole rings is 1. The first-order chi connectivity index (χ1) is 12.0. The molecule has 4 rings (SSSR count). The van der Waals surface area contributed by atoms with Crippen LogP contribution in [0.25, 0.3) is 16.2 Å². The fourth-order valence-corrected chi connectivity index (χ4v) is 4.44. The molecular formula is C18H15N3O2S2. The summed E-state index contributed by atoms with van der Waals surface area (Å²) in [5.41, 5.74) is 3.22. The minimum Gasteiger partial charge on any atom is -0.297 e. The van der Waals surface area contributed by atoms with Crippen molar-refractivity contribution in [1.82, 2.24) is 9.38 Å². The highest BCUT2D eigenvalue weighted by Crippen LogP contribution is 2.24. The Balaban J connectivity index is 1.59. The number of benzene rings is 2. The molecule has 25 heavy (non-hydrogen) atoms. The zero-order valence-corrected chi connectivity index (χ0v) is 15.0. The van der Waals surface area contributed by atoms with Crippen LogP contribution in [0.15, 0.2) is 71.2 Å². The van der Waals surface area contributed by atoms with Crippen LogP contribution in [-0.2, 0) is 10.0 Å². The van der Waals surface area contributed by atoms with Crippen molar-refractivity contribution in [1.29, 1.82) is 0 Å². The molecule has 0 fully saturated rings. The number of nitrogens with one attached hydrogen (secondary N) is 1. The Bertz CT molecular complexity index is 1110. The highest BCUT2D eigenvalue weighted by molar-refractivity contribution is 7.92. The summed E-state index contributed by atoms with van der Waals surface area (Å²) in [5.74, 6) is 0. The Morgan fingerprint density at radius 1 is 1.12 bits per heavy atom. The van der Waals surface area contributed by atoms with E-state index in [0.717, 1.165) is 21.8 Å². The fraction of sp³-hybridized carbons (Fsp3) is 0.0556. The molecule has 2 heterocycles. The van der Waals surface area contributed by atoms with E-state index in [1.807, 2.05) is 47.3 Å². The third-order valence-corrected chi connectivity index (χ3v) is 5.98. The van der Waals surface area contributed by atoms with Gasteiger partial charge in [-0.05, 0) is 36.8 Å². The van der Waals surface area contributed by atoms with E-state index in [1.54, 1.807) is 41.7 Å². The van der Waals surface area contributed by atoms with Gasteiger partial charge in [-0.1, -0.05) is 24.3 Å². The van der Waals surface area contributed by atoms with Gasteiger partial charge in [-0.15, -0.1) is 11.3 Å². The van der Waals surface area contributed by atoms with Crippen LogP contribution in [0.2, 0.25) is 0 Å². The molecule has 126 valence electrons. The van der Waals surface area contributed by atoms with Crippen LogP contribution < -0.4 is 4.72 Å². The fourth-order valence-electron chi connectivity index (χ4n) is 2.57. The van der Waals surface area contributed by atoms with E-state index in [1.165, 1.54) is 0 Å². The van der Waals surface area contributed by atoms with Crippen molar-refractivity contribution in [3.05, 3.63) is 71.9 Å². The van der Waals surface area contributed by atoms with Gasteiger partial charge in [-0.25, -0.2) is 13.4 Å². The topological polar surface area (TPSA) is 63.5 Å². The van der Waals surface area contributed by atoms with Crippen molar-refractivity contribution in [2.45, 2.75) is 11.8 Å². The van der Waals surface area contributed by atoms with Gasteiger partial charge in [-0.2, -0.15) is 0 Å². The van der Waals surface area contributed by atoms with E-state index in [4.69, 9.17) is 0 Å². The molecule has 0 spiro atoms. The molecule has 0 aliphatic heterocycles. The van der Waals surface area contributed by atoms with E-state index < -0.39 is 10.0 Å². The molecule has 0 saturated heterocycles. The Morgan fingerprint density at radius 2 is 1.92 bits per heavy atom. The van der Waals surface area contributed by atoms with Gasteiger partial charge in [0.15, 0.2) is 4.96 Å². The van der Waals surface area contributed by atoms with Gasteiger partial charge in [0.2, 0.25) is 0 Å². The number of aromatic nitrogens is 2. The third kappa shape index (κ3) is 3.16. The van der Waals surface area contributed by atoms with Gasteiger partial charge in [0.05, 0.1) is 10.6 Å². The van der Waals surface area contributed by atoms with Crippen molar-refractivity contribution < 1.29 is 8.42 Å². The second-order valence-electron chi connectivity index (χ2n) is 5.72. The van der Waals surface area contributed by atoms with Gasteiger partial charge < -0.3 is 0 Å². The lowest BCUT2D eigenvalue weighted by molar-refractivity contribution is 0.601. The Morgan fingerprint density at radius 3 is 2.64 bits per heavy atom. The predicted octanol–water partition coefficient (Wildman–Crippen LogP) is 4.17. The average Bonchev–Trinajstić information content (AvgIpc) is 3.17. The Kier molecular flexibility index (Phi) is 3.82. The molecule has 0 saturated carbocycles. The SMILES string of the molecule is Cc1cccc(S(=O)(=O)Nc2ccc(-c3cn4ccsc4n3)cc2)c1. The van der Waals surface area contributed by atoms with Crippen LogP contribution in [0.5, 0.6) is 0 Å². The third-order valence-electron chi connectivity index (χ3n) is 3.83. The molecule has 0 radical (unpaired) electrons. The first kappa shape index (κ1) is 15.9. The lowest BCUT2D eigenvalue weighted by atomic mass is 10.1. The smallest absolute Gasteiger partial charge is 0.261 e. The summed E-state index contributed by atoms with van der Waals surface area (Å²) in [6.45, 7) is 1.86. The van der Waals surface area contributed by atoms with Crippen LogP contribution in [0.3, 0.4) is 0 Å². The molecule has 2 aromatic heterocycles. The number of fused-ring (bicyclic) bond motifs is 1. The molecule has 0 atom stereocenters. The lowest BCUT2D eigenvalue weighted by Gasteiger charge is -2.09. The maximum Gasteiger partial charge on any atom is 0.261 e. The van der Waals surface area contributed by atoms with E-state index >= 15 is 0 Å². The zero-order chi connectivity index (χ0) is 17.4. The van der Waals surface area contributed by atoms with Crippen molar-refractivity contribution in [2.75, 3.05) is 4.72 Å². The number of thiazole rings is 1. The first-order valence-electron chi connectivity index (χ1n) is 7.63. The molecule has 5 nitrogen and oxygen atoms in total. The van der Waals surface area contributed by atoms with Crippen LogP contribution in [0.1, 0.15) is 5.56 Å². The number of nitrogens with zero attached hydrogens (tertiary/aromatic N) is 2. The summed E-state index contributed by atoms with van der Waals surface area (Å²) >= 11 is 1.57. The van der Waals surface area contributed by atoms with E-state index in [9.17, 15) is 8.42 Å². The second-order valence-corrected chi connectivity index (χ2v) is 8.27. The van der Waals surface area contributed by atoms with Crippen molar-refractivity contribution in [3.63, 3.8) is 0 Å². The number of hydrogen-bond acceptors (Lipinski definition) is 4. The molecule has 0 aliphatic rings. The zero-order valence-electron chi connectivity index (χ0n) is 13.4. The largest absolute Gasteiger partial charge is 0.297 e. The normalized spacial score (nSPS) is 11.7. The number of rotatable bonds is 4. The highest BCUT2D eigenvalue weighted by atomic mass is 32.2. The van der Waals surface area contributed by atoms with E-state index in [0.29, 0.717) is 5.69 Å². The number of aryl methyl sites for hydroxylation is 1.